The van der Waals surface area contributed by atoms with Crippen LogP contribution in [-0.4, -0.2) is 19.7 Å². The third-order valence-corrected chi connectivity index (χ3v) is 4.07. The highest BCUT2D eigenvalue weighted by atomic mass is 35.5. The van der Waals surface area contributed by atoms with Gasteiger partial charge in [-0.3, -0.25) is 0 Å². The van der Waals surface area contributed by atoms with Crippen molar-refractivity contribution in [1.82, 2.24) is 19.7 Å². The van der Waals surface area contributed by atoms with Crippen molar-refractivity contribution >= 4 is 23.7 Å². The molecule has 0 atom stereocenters. The molecule has 0 unspecified atom stereocenters. The largest absolute Gasteiger partial charge is 0.329 e. The van der Waals surface area contributed by atoms with Crippen LogP contribution in [0.5, 0.6) is 0 Å². The minimum Gasteiger partial charge on any atom is -0.329 e. The second-order valence-corrected chi connectivity index (χ2v) is 5.52. The molecule has 0 N–H and O–H groups in total. The van der Waals surface area contributed by atoms with Crippen LogP contribution in [0.15, 0.2) is 36.1 Å². The van der Waals surface area contributed by atoms with Crippen molar-refractivity contribution in [3.63, 3.8) is 0 Å². The Morgan fingerprint density at radius 2 is 2.09 bits per heavy atom. The maximum Gasteiger partial charge on any atom is 0.272 e. The van der Waals surface area contributed by atoms with Crippen LogP contribution in [0, 0.1) is 6.92 Å². The predicted molar refractivity (Wildman–Crippen MR) is 83.6 cm³/mol. The molecule has 0 amide bonds. The van der Waals surface area contributed by atoms with E-state index in [-0.39, 0.29) is 17.3 Å². The molecule has 3 heterocycles. The molecule has 0 aliphatic heterocycles. The topological polar surface area (TPSA) is 43.6 Å². The van der Waals surface area contributed by atoms with Gasteiger partial charge in [-0.25, -0.2) is 13.8 Å². The summed E-state index contributed by atoms with van der Waals surface area (Å²) >= 11 is 1.05. The summed E-state index contributed by atoms with van der Waals surface area (Å²) in [4.78, 5) is 4.21. The number of hydrogen-bond acceptors (Lipinski definition) is 4. The van der Waals surface area contributed by atoms with Crippen LogP contribution in [0.25, 0.3) is 11.1 Å². The van der Waals surface area contributed by atoms with Gasteiger partial charge in [0.15, 0.2) is 0 Å². The standard InChI is InChI=1S/C14H12F2N4S.ClH/c1-9-17-2-3-20(9)7-12-4-10(6-18-19-12)11-5-13(14(15)16)21-8-11;/h2-6,8,14H,7H2,1H3;1H. The van der Waals surface area contributed by atoms with E-state index in [0.29, 0.717) is 6.54 Å². The van der Waals surface area contributed by atoms with Gasteiger partial charge in [0.05, 0.1) is 23.3 Å². The molecule has 116 valence electrons. The smallest absolute Gasteiger partial charge is 0.272 e. The van der Waals surface area contributed by atoms with Crippen molar-refractivity contribution in [3.05, 3.63) is 52.5 Å². The number of alkyl halides is 2. The first-order valence-electron chi connectivity index (χ1n) is 6.30. The first kappa shape index (κ1) is 16.5. The molecule has 0 aliphatic rings. The second-order valence-electron chi connectivity index (χ2n) is 4.58. The fourth-order valence-electron chi connectivity index (χ4n) is 2.01. The van der Waals surface area contributed by atoms with E-state index < -0.39 is 6.43 Å². The van der Waals surface area contributed by atoms with Gasteiger partial charge in [-0.05, 0) is 30.0 Å². The molecular formula is C14H13ClF2N4S. The van der Waals surface area contributed by atoms with Crippen LogP contribution in [0.1, 0.15) is 22.8 Å². The van der Waals surface area contributed by atoms with E-state index in [2.05, 4.69) is 15.2 Å². The van der Waals surface area contributed by atoms with Crippen LogP contribution in [-0.2, 0) is 6.54 Å². The van der Waals surface area contributed by atoms with Gasteiger partial charge in [-0.15, -0.1) is 23.7 Å². The number of aryl methyl sites for hydroxylation is 1. The first-order chi connectivity index (χ1) is 10.1. The molecule has 0 saturated heterocycles. The Morgan fingerprint density at radius 3 is 2.73 bits per heavy atom. The monoisotopic (exact) mass is 342 g/mol. The Balaban J connectivity index is 0.00000176. The molecule has 4 nitrogen and oxygen atoms in total. The quantitative estimate of drug-likeness (QED) is 0.716. The molecule has 3 rings (SSSR count). The summed E-state index contributed by atoms with van der Waals surface area (Å²) in [6.45, 7) is 2.46. The Bertz CT molecular complexity index is 757. The lowest BCUT2D eigenvalue weighted by atomic mass is 10.1. The van der Waals surface area contributed by atoms with E-state index in [1.165, 1.54) is 6.07 Å². The molecule has 22 heavy (non-hydrogen) atoms. The van der Waals surface area contributed by atoms with Gasteiger partial charge in [0.25, 0.3) is 6.43 Å². The van der Waals surface area contributed by atoms with Gasteiger partial charge in [0, 0.05) is 18.0 Å². The normalized spacial score (nSPS) is 10.7. The van der Waals surface area contributed by atoms with E-state index in [4.69, 9.17) is 0 Å². The van der Waals surface area contributed by atoms with Gasteiger partial charge in [-0.1, -0.05) is 0 Å². The molecule has 3 aromatic heterocycles. The maximum atomic E-state index is 12.6. The highest BCUT2D eigenvalue weighted by molar-refractivity contribution is 7.10. The molecule has 0 saturated carbocycles. The fraction of sp³-hybridized carbons (Fsp3) is 0.214. The Labute approximate surface area is 136 Å². The van der Waals surface area contributed by atoms with Crippen LogP contribution in [0.4, 0.5) is 8.78 Å². The number of imidazole rings is 1. The summed E-state index contributed by atoms with van der Waals surface area (Å²) in [7, 11) is 0. The van der Waals surface area contributed by atoms with Crippen molar-refractivity contribution in [2.24, 2.45) is 0 Å². The average Bonchev–Trinajstić information content (AvgIpc) is 3.09. The lowest BCUT2D eigenvalue weighted by Crippen LogP contribution is -2.03. The predicted octanol–water partition coefficient (Wildman–Crippen LogP) is 4.12. The molecule has 0 spiro atoms. The van der Waals surface area contributed by atoms with Gasteiger partial charge in [0.2, 0.25) is 0 Å². The van der Waals surface area contributed by atoms with E-state index in [0.717, 1.165) is 34.0 Å². The van der Waals surface area contributed by atoms with Crippen molar-refractivity contribution in [2.75, 3.05) is 0 Å². The minimum atomic E-state index is -2.44. The lowest BCUT2D eigenvalue weighted by Gasteiger charge is -2.05. The molecular weight excluding hydrogens is 330 g/mol. The summed E-state index contributed by atoms with van der Waals surface area (Å²) in [5.74, 6) is 0.887. The van der Waals surface area contributed by atoms with Crippen LogP contribution < -0.4 is 0 Å². The molecule has 0 aliphatic carbocycles. The van der Waals surface area contributed by atoms with Crippen LogP contribution in [0.2, 0.25) is 0 Å². The van der Waals surface area contributed by atoms with Crippen LogP contribution in [0.3, 0.4) is 0 Å². The van der Waals surface area contributed by atoms with Gasteiger partial charge < -0.3 is 4.57 Å². The van der Waals surface area contributed by atoms with E-state index in [1.54, 1.807) is 17.8 Å². The number of nitrogens with zero attached hydrogens (tertiary/aromatic N) is 4. The average molecular weight is 343 g/mol. The first-order valence-corrected chi connectivity index (χ1v) is 7.18. The summed E-state index contributed by atoms with van der Waals surface area (Å²) in [5, 5.41) is 9.75. The number of thiophene rings is 1. The third-order valence-electron chi connectivity index (χ3n) is 3.13. The summed E-state index contributed by atoms with van der Waals surface area (Å²) in [6, 6.07) is 3.36. The second kappa shape index (κ2) is 6.93. The van der Waals surface area contributed by atoms with Crippen molar-refractivity contribution in [2.45, 2.75) is 19.9 Å². The number of aromatic nitrogens is 4. The van der Waals surface area contributed by atoms with E-state index in [1.807, 2.05) is 23.8 Å². The molecule has 0 fully saturated rings. The number of rotatable bonds is 4. The minimum absolute atomic E-state index is 0. The van der Waals surface area contributed by atoms with Crippen molar-refractivity contribution in [1.29, 1.82) is 0 Å². The summed E-state index contributed by atoms with van der Waals surface area (Å²) < 4.78 is 27.2. The summed E-state index contributed by atoms with van der Waals surface area (Å²) in [5.41, 5.74) is 2.30. The number of hydrogen-bond donors (Lipinski definition) is 0. The van der Waals surface area contributed by atoms with Crippen molar-refractivity contribution < 1.29 is 8.78 Å². The van der Waals surface area contributed by atoms with Crippen molar-refractivity contribution in [3.8, 4) is 11.1 Å². The fourth-order valence-corrected chi connectivity index (χ4v) is 2.78. The van der Waals surface area contributed by atoms with Gasteiger partial charge >= 0.3 is 0 Å². The Morgan fingerprint density at radius 1 is 1.27 bits per heavy atom. The number of halogens is 3. The zero-order chi connectivity index (χ0) is 14.8. The van der Waals surface area contributed by atoms with E-state index in [9.17, 15) is 8.78 Å². The lowest BCUT2D eigenvalue weighted by molar-refractivity contribution is 0.155. The Hall–Kier alpha value is -1.86. The highest BCUT2D eigenvalue weighted by Crippen LogP contribution is 2.31. The molecule has 3 aromatic rings. The molecule has 0 bridgehead atoms. The Kier molecular flexibility index (Phi) is 5.20. The molecule has 8 heteroatoms. The third kappa shape index (κ3) is 3.48. The maximum absolute atomic E-state index is 12.6. The zero-order valence-corrected chi connectivity index (χ0v) is 13.2. The van der Waals surface area contributed by atoms with Gasteiger partial charge in [-0.2, -0.15) is 10.2 Å². The molecule has 0 radical (unpaired) electrons. The van der Waals surface area contributed by atoms with E-state index >= 15 is 0 Å². The SMILES string of the molecule is Cc1nccn1Cc1cc(-c2csc(C(F)F)c2)cnn1.Cl. The highest BCUT2D eigenvalue weighted by Gasteiger charge is 2.12. The zero-order valence-electron chi connectivity index (χ0n) is 11.6. The van der Waals surface area contributed by atoms with Crippen LogP contribution >= 0.6 is 23.7 Å². The molecule has 0 aromatic carbocycles. The van der Waals surface area contributed by atoms with Gasteiger partial charge in [0.1, 0.15) is 5.82 Å². The summed E-state index contributed by atoms with van der Waals surface area (Å²) in [6.07, 6.45) is 2.73.